The van der Waals surface area contributed by atoms with Crippen molar-refractivity contribution in [3.63, 3.8) is 0 Å². The van der Waals surface area contributed by atoms with Gasteiger partial charge in [-0.2, -0.15) is 0 Å². The molecule has 10 heteroatoms. The van der Waals surface area contributed by atoms with E-state index in [4.69, 9.17) is 15.3 Å². The van der Waals surface area contributed by atoms with Crippen molar-refractivity contribution in [3.8, 4) is 11.5 Å². The molecule has 4 rings (SSSR count). The first kappa shape index (κ1) is 30.8. The molecule has 3 aromatic carbocycles. The van der Waals surface area contributed by atoms with Gasteiger partial charge in [0, 0.05) is 24.3 Å². The second-order valence-electron chi connectivity index (χ2n) is 10.4. The minimum absolute atomic E-state index is 0.00154. The normalized spacial score (nSPS) is 12.4. The molecule has 1 unspecified atom stereocenters. The smallest absolute Gasteiger partial charge is 0.249 e. The third-order valence-corrected chi connectivity index (χ3v) is 9.00. The van der Waals surface area contributed by atoms with Crippen LogP contribution in [0.2, 0.25) is 0 Å². The summed E-state index contributed by atoms with van der Waals surface area (Å²) in [7, 11) is -3.56. The van der Waals surface area contributed by atoms with Gasteiger partial charge in [-0.15, -0.1) is 0 Å². The lowest BCUT2D eigenvalue weighted by molar-refractivity contribution is -0.122. The maximum absolute atomic E-state index is 14.0. The molecule has 0 aliphatic heterocycles. The Morgan fingerprint density at radius 3 is 2.45 bits per heavy atom. The minimum Gasteiger partial charge on any atom is -0.490 e. The number of hydrogen-bond acceptors (Lipinski definition) is 8. The molecule has 0 fully saturated rings. The van der Waals surface area contributed by atoms with Gasteiger partial charge in [0.2, 0.25) is 5.91 Å². The number of nitrogens with zero attached hydrogens (tertiary/aromatic N) is 2. The standard InChI is InChI=1S/C32H38N4O5S/c1-6-40-29-18-24(12-14-28(29)41-21(2)3)31(36(33)27-13-11-25-19-34-16-15-23(25)17-27)32(37)35-20-26-9-7-8-10-30(26)42(38,39)22(4)5/h7-19,21-22,31H,6,20,33H2,1-5H3,(H,35,37). The number of hydrazine groups is 1. The Hall–Kier alpha value is -4.15. The zero-order valence-corrected chi connectivity index (χ0v) is 25.4. The summed E-state index contributed by atoms with van der Waals surface area (Å²) in [5.74, 6) is 7.34. The molecule has 1 amide bonds. The summed E-state index contributed by atoms with van der Waals surface area (Å²) < 4.78 is 37.8. The maximum Gasteiger partial charge on any atom is 0.249 e. The zero-order chi connectivity index (χ0) is 30.4. The van der Waals surface area contributed by atoms with E-state index in [-0.39, 0.29) is 17.5 Å². The van der Waals surface area contributed by atoms with Crippen molar-refractivity contribution >= 4 is 32.2 Å². The van der Waals surface area contributed by atoms with E-state index in [0.717, 1.165) is 10.8 Å². The Balaban J connectivity index is 1.73. The zero-order valence-electron chi connectivity index (χ0n) is 24.6. The molecule has 0 aliphatic rings. The number of carbonyl (C=O) groups is 1. The summed E-state index contributed by atoms with van der Waals surface area (Å²) in [6.07, 6.45) is 3.38. The number of sulfone groups is 1. The summed E-state index contributed by atoms with van der Waals surface area (Å²) >= 11 is 0. The number of fused-ring (bicyclic) bond motifs is 1. The van der Waals surface area contributed by atoms with Gasteiger partial charge < -0.3 is 14.8 Å². The van der Waals surface area contributed by atoms with Gasteiger partial charge in [-0.05, 0) is 87.5 Å². The molecule has 4 aromatic rings. The molecule has 1 atom stereocenters. The lowest BCUT2D eigenvalue weighted by Crippen LogP contribution is -2.44. The third-order valence-electron chi connectivity index (χ3n) is 6.75. The third kappa shape index (κ3) is 6.83. The highest BCUT2D eigenvalue weighted by molar-refractivity contribution is 7.92. The van der Waals surface area contributed by atoms with Crippen LogP contribution in [-0.2, 0) is 21.2 Å². The predicted octanol–water partition coefficient (Wildman–Crippen LogP) is 5.34. The van der Waals surface area contributed by atoms with Crippen molar-refractivity contribution in [1.29, 1.82) is 0 Å². The summed E-state index contributed by atoms with van der Waals surface area (Å²) in [5.41, 5.74) is 1.68. The van der Waals surface area contributed by atoms with Crippen LogP contribution in [0.25, 0.3) is 10.8 Å². The predicted molar refractivity (Wildman–Crippen MR) is 165 cm³/mol. The van der Waals surface area contributed by atoms with Crippen molar-refractivity contribution in [2.75, 3.05) is 11.6 Å². The highest BCUT2D eigenvalue weighted by Gasteiger charge is 2.29. The molecule has 9 nitrogen and oxygen atoms in total. The van der Waals surface area contributed by atoms with Gasteiger partial charge in [0.1, 0.15) is 6.04 Å². The van der Waals surface area contributed by atoms with Crippen LogP contribution < -0.4 is 25.6 Å². The van der Waals surface area contributed by atoms with E-state index in [2.05, 4.69) is 10.3 Å². The number of hydrogen-bond donors (Lipinski definition) is 2. The molecular formula is C32H38N4O5S. The average molecular weight is 591 g/mol. The first-order valence-corrected chi connectivity index (χ1v) is 15.5. The second kappa shape index (κ2) is 13.2. The van der Waals surface area contributed by atoms with Crippen molar-refractivity contribution in [2.45, 2.75) is 63.5 Å². The van der Waals surface area contributed by atoms with Crippen LogP contribution in [0.4, 0.5) is 5.69 Å². The lowest BCUT2D eigenvalue weighted by atomic mass is 10.0. The molecule has 0 saturated carbocycles. The van der Waals surface area contributed by atoms with E-state index < -0.39 is 27.0 Å². The van der Waals surface area contributed by atoms with E-state index in [1.165, 1.54) is 5.01 Å². The number of pyridine rings is 1. The van der Waals surface area contributed by atoms with E-state index in [0.29, 0.717) is 34.9 Å². The molecule has 0 bridgehead atoms. The van der Waals surface area contributed by atoms with Crippen LogP contribution in [0, 0.1) is 0 Å². The summed E-state index contributed by atoms with van der Waals surface area (Å²) in [4.78, 5) is 18.3. The SMILES string of the molecule is CCOc1cc(C(C(=O)NCc2ccccc2S(=O)(=O)C(C)C)N(N)c2ccc3cnccc3c2)ccc1OC(C)C. The molecule has 1 aromatic heterocycles. The summed E-state index contributed by atoms with van der Waals surface area (Å²) in [5, 5.41) is 5.58. The molecule has 3 N–H and O–H groups in total. The topological polar surface area (TPSA) is 124 Å². The van der Waals surface area contributed by atoms with Crippen LogP contribution in [0.5, 0.6) is 11.5 Å². The Labute approximate surface area is 247 Å². The van der Waals surface area contributed by atoms with Gasteiger partial charge in [-0.1, -0.05) is 30.3 Å². The maximum atomic E-state index is 14.0. The van der Waals surface area contributed by atoms with Crippen molar-refractivity contribution in [3.05, 3.63) is 90.3 Å². The van der Waals surface area contributed by atoms with Crippen LogP contribution in [0.3, 0.4) is 0 Å². The van der Waals surface area contributed by atoms with Crippen molar-refractivity contribution in [2.24, 2.45) is 5.84 Å². The highest BCUT2D eigenvalue weighted by Crippen LogP contribution is 2.35. The number of benzene rings is 3. The molecular weight excluding hydrogens is 552 g/mol. The second-order valence-corrected chi connectivity index (χ2v) is 12.9. The molecule has 0 radical (unpaired) electrons. The van der Waals surface area contributed by atoms with Crippen LogP contribution in [0.1, 0.15) is 51.8 Å². The summed E-state index contributed by atoms with van der Waals surface area (Å²) in [6.45, 7) is 9.40. The molecule has 42 heavy (non-hydrogen) atoms. The van der Waals surface area contributed by atoms with E-state index in [1.807, 2.05) is 45.0 Å². The van der Waals surface area contributed by atoms with Crippen LogP contribution in [-0.4, -0.2) is 37.3 Å². The number of nitrogens with two attached hydrogens (primary N) is 1. The van der Waals surface area contributed by atoms with Crippen LogP contribution in [0.15, 0.2) is 84.0 Å². The van der Waals surface area contributed by atoms with Gasteiger partial charge in [0.05, 0.1) is 28.5 Å². The molecule has 0 spiro atoms. The largest absolute Gasteiger partial charge is 0.490 e. The van der Waals surface area contributed by atoms with Gasteiger partial charge in [0.15, 0.2) is 21.3 Å². The highest BCUT2D eigenvalue weighted by atomic mass is 32.2. The van der Waals surface area contributed by atoms with Gasteiger partial charge >= 0.3 is 0 Å². The molecule has 1 heterocycles. The van der Waals surface area contributed by atoms with Gasteiger partial charge in [-0.3, -0.25) is 14.8 Å². The average Bonchev–Trinajstić information content (AvgIpc) is 2.97. The molecule has 0 aliphatic carbocycles. The molecule has 222 valence electrons. The number of amides is 1. The van der Waals surface area contributed by atoms with Gasteiger partial charge in [0.25, 0.3) is 0 Å². The number of anilines is 1. The number of ether oxygens (including phenoxy) is 2. The Morgan fingerprint density at radius 2 is 1.74 bits per heavy atom. The summed E-state index contributed by atoms with van der Waals surface area (Å²) in [6, 6.07) is 18.5. The van der Waals surface area contributed by atoms with E-state index >= 15 is 0 Å². The lowest BCUT2D eigenvalue weighted by Gasteiger charge is -2.30. The Bertz CT molecular complexity index is 1660. The number of nitrogens with one attached hydrogen (secondary N) is 1. The Morgan fingerprint density at radius 1 is 0.976 bits per heavy atom. The van der Waals surface area contributed by atoms with Crippen molar-refractivity contribution < 1.29 is 22.7 Å². The fraction of sp³-hybridized carbons (Fsp3) is 0.312. The number of carbonyl (C=O) groups excluding carboxylic acids is 1. The van der Waals surface area contributed by atoms with E-state index in [9.17, 15) is 13.2 Å². The van der Waals surface area contributed by atoms with Gasteiger partial charge in [-0.25, -0.2) is 14.3 Å². The first-order chi connectivity index (χ1) is 20.0. The molecule has 0 saturated heterocycles. The van der Waals surface area contributed by atoms with Crippen molar-refractivity contribution in [1.82, 2.24) is 10.3 Å². The Kier molecular flexibility index (Phi) is 9.70. The number of rotatable bonds is 12. The first-order valence-electron chi connectivity index (χ1n) is 13.9. The fourth-order valence-electron chi connectivity index (χ4n) is 4.59. The number of aromatic nitrogens is 1. The van der Waals surface area contributed by atoms with E-state index in [1.54, 1.807) is 68.7 Å². The minimum atomic E-state index is -3.56. The fourth-order valence-corrected chi connectivity index (χ4v) is 5.88. The quantitative estimate of drug-likeness (QED) is 0.167. The van der Waals surface area contributed by atoms with Crippen LogP contribution >= 0.6 is 0 Å². The monoisotopic (exact) mass is 590 g/mol.